The lowest BCUT2D eigenvalue weighted by Crippen LogP contribution is -2.30. The first-order chi connectivity index (χ1) is 9.60. The molecule has 0 aliphatic carbocycles. The van der Waals surface area contributed by atoms with E-state index >= 15 is 0 Å². The van der Waals surface area contributed by atoms with E-state index in [9.17, 15) is 4.79 Å². The molecule has 0 bridgehead atoms. The molecule has 0 atom stereocenters. The van der Waals surface area contributed by atoms with Crippen molar-refractivity contribution in [3.8, 4) is 0 Å². The van der Waals surface area contributed by atoms with Crippen LogP contribution < -0.4 is 10.6 Å². The number of ether oxygens (including phenoxy) is 1. The molecule has 0 aliphatic heterocycles. The highest BCUT2D eigenvalue weighted by atomic mass is 79.9. The second-order valence-corrected chi connectivity index (χ2v) is 5.25. The molecule has 0 saturated heterocycles. The summed E-state index contributed by atoms with van der Waals surface area (Å²) in [5.41, 5.74) is 2.16. The maximum absolute atomic E-state index is 11.5. The van der Waals surface area contributed by atoms with Crippen LogP contribution in [-0.2, 0) is 29.5 Å². The molecular formula is C13H23BrN4O2. The summed E-state index contributed by atoms with van der Waals surface area (Å²) >= 11 is 3.57. The molecule has 2 N–H and O–H groups in total. The fourth-order valence-corrected chi connectivity index (χ4v) is 2.56. The Labute approximate surface area is 128 Å². The van der Waals surface area contributed by atoms with Crippen molar-refractivity contribution in [2.24, 2.45) is 7.05 Å². The highest BCUT2D eigenvalue weighted by Gasteiger charge is 2.11. The predicted octanol–water partition coefficient (Wildman–Crippen LogP) is 0.987. The van der Waals surface area contributed by atoms with E-state index in [2.05, 4.69) is 38.6 Å². The highest BCUT2D eigenvalue weighted by molar-refractivity contribution is 9.10. The minimum atomic E-state index is 0.0351. The first-order valence-corrected chi connectivity index (χ1v) is 7.56. The van der Waals surface area contributed by atoms with E-state index in [4.69, 9.17) is 4.74 Å². The van der Waals surface area contributed by atoms with Crippen molar-refractivity contribution in [1.29, 1.82) is 0 Å². The van der Waals surface area contributed by atoms with E-state index in [1.807, 2.05) is 11.7 Å². The van der Waals surface area contributed by atoms with Crippen molar-refractivity contribution in [2.75, 3.05) is 26.8 Å². The predicted molar refractivity (Wildman–Crippen MR) is 81.5 cm³/mol. The Balaban J connectivity index is 2.27. The molecule has 6 nitrogen and oxygen atoms in total. The molecule has 1 aromatic heterocycles. The average Bonchev–Trinajstić information content (AvgIpc) is 2.70. The number of nitrogens with one attached hydrogen (secondary N) is 2. The first-order valence-electron chi connectivity index (χ1n) is 6.76. The molecule has 114 valence electrons. The number of hydrogen-bond donors (Lipinski definition) is 2. The van der Waals surface area contributed by atoms with Crippen LogP contribution in [0.1, 0.15) is 24.7 Å². The lowest BCUT2D eigenvalue weighted by atomic mass is 10.3. The minimum Gasteiger partial charge on any atom is -0.383 e. The molecule has 1 rings (SSSR count). The average molecular weight is 347 g/mol. The van der Waals surface area contributed by atoms with Gasteiger partial charge in [-0.3, -0.25) is 9.48 Å². The third-order valence-electron chi connectivity index (χ3n) is 2.95. The molecule has 20 heavy (non-hydrogen) atoms. The van der Waals surface area contributed by atoms with Crippen LogP contribution in [0.2, 0.25) is 0 Å². The number of amides is 1. The number of carbonyl (C=O) groups is 1. The smallest absolute Gasteiger partial charge is 0.221 e. The van der Waals surface area contributed by atoms with Gasteiger partial charge < -0.3 is 15.4 Å². The number of carbonyl (C=O) groups excluding carboxylic acids is 1. The Morgan fingerprint density at radius 3 is 2.80 bits per heavy atom. The summed E-state index contributed by atoms with van der Waals surface area (Å²) in [6.45, 7) is 4.51. The Morgan fingerprint density at radius 2 is 2.20 bits per heavy atom. The third-order valence-corrected chi connectivity index (χ3v) is 3.87. The van der Waals surface area contributed by atoms with Crippen molar-refractivity contribution in [3.63, 3.8) is 0 Å². The van der Waals surface area contributed by atoms with Crippen molar-refractivity contribution in [2.45, 2.75) is 26.3 Å². The minimum absolute atomic E-state index is 0.0351. The van der Waals surface area contributed by atoms with Crippen molar-refractivity contribution in [3.05, 3.63) is 15.9 Å². The lowest BCUT2D eigenvalue weighted by molar-refractivity contribution is -0.121. The molecule has 0 radical (unpaired) electrons. The van der Waals surface area contributed by atoms with E-state index < -0.39 is 0 Å². The van der Waals surface area contributed by atoms with Gasteiger partial charge in [0.25, 0.3) is 0 Å². The van der Waals surface area contributed by atoms with Crippen LogP contribution in [0.5, 0.6) is 0 Å². The molecule has 0 fully saturated rings. The fraction of sp³-hybridized carbons (Fsp3) is 0.692. The van der Waals surface area contributed by atoms with Crippen LogP contribution in [0.15, 0.2) is 4.47 Å². The monoisotopic (exact) mass is 346 g/mol. The molecular weight excluding hydrogens is 324 g/mol. The maximum atomic E-state index is 11.5. The summed E-state index contributed by atoms with van der Waals surface area (Å²) < 4.78 is 7.79. The quantitative estimate of drug-likeness (QED) is 0.654. The third kappa shape index (κ3) is 5.22. The Kier molecular flexibility index (Phi) is 7.79. The Morgan fingerprint density at radius 1 is 1.45 bits per heavy atom. The molecule has 0 aliphatic rings. The molecule has 7 heteroatoms. The van der Waals surface area contributed by atoms with Gasteiger partial charge in [-0.25, -0.2) is 0 Å². The fourth-order valence-electron chi connectivity index (χ4n) is 1.80. The standard InChI is InChI=1S/C13H23BrN4O2/c1-4-10-13(14)11(18(2)17-10)9-15-6-5-12(19)16-7-8-20-3/h15H,4-9H2,1-3H3,(H,16,19). The van der Waals surface area contributed by atoms with Gasteiger partial charge in [-0.1, -0.05) is 6.92 Å². The maximum Gasteiger partial charge on any atom is 0.221 e. The van der Waals surface area contributed by atoms with E-state index in [1.165, 1.54) is 0 Å². The molecule has 1 aromatic rings. The van der Waals surface area contributed by atoms with E-state index in [-0.39, 0.29) is 5.91 Å². The second kappa shape index (κ2) is 9.10. The topological polar surface area (TPSA) is 68.2 Å². The van der Waals surface area contributed by atoms with Crippen LogP contribution in [0.3, 0.4) is 0 Å². The van der Waals surface area contributed by atoms with Gasteiger partial charge in [0, 0.05) is 40.2 Å². The molecule has 0 saturated carbocycles. The summed E-state index contributed by atoms with van der Waals surface area (Å²) in [6, 6.07) is 0. The number of aromatic nitrogens is 2. The number of halogens is 1. The van der Waals surface area contributed by atoms with Gasteiger partial charge in [0.2, 0.25) is 5.91 Å². The molecule has 0 spiro atoms. The first kappa shape index (κ1) is 17.1. The molecule has 1 amide bonds. The largest absolute Gasteiger partial charge is 0.383 e. The lowest BCUT2D eigenvalue weighted by Gasteiger charge is -2.07. The zero-order valence-electron chi connectivity index (χ0n) is 12.3. The summed E-state index contributed by atoms with van der Waals surface area (Å²) in [7, 11) is 3.54. The summed E-state index contributed by atoms with van der Waals surface area (Å²) in [6.07, 6.45) is 1.36. The number of methoxy groups -OCH3 is 1. The van der Waals surface area contributed by atoms with Gasteiger partial charge >= 0.3 is 0 Å². The van der Waals surface area contributed by atoms with Gasteiger partial charge in [0.15, 0.2) is 0 Å². The number of hydrogen-bond acceptors (Lipinski definition) is 4. The number of aryl methyl sites for hydroxylation is 2. The molecule has 0 unspecified atom stereocenters. The van der Waals surface area contributed by atoms with Gasteiger partial charge in [0.05, 0.1) is 22.5 Å². The van der Waals surface area contributed by atoms with Crippen LogP contribution in [-0.4, -0.2) is 42.5 Å². The summed E-state index contributed by atoms with van der Waals surface area (Å²) in [4.78, 5) is 11.5. The van der Waals surface area contributed by atoms with Crippen LogP contribution >= 0.6 is 15.9 Å². The van der Waals surface area contributed by atoms with Gasteiger partial charge in [0.1, 0.15) is 0 Å². The second-order valence-electron chi connectivity index (χ2n) is 4.45. The number of rotatable bonds is 9. The zero-order valence-corrected chi connectivity index (χ0v) is 13.9. The Bertz CT molecular complexity index is 434. The van der Waals surface area contributed by atoms with Crippen molar-refractivity contribution < 1.29 is 9.53 Å². The Hall–Kier alpha value is -0.920. The summed E-state index contributed by atoms with van der Waals surface area (Å²) in [5, 5.41) is 10.5. The van der Waals surface area contributed by atoms with Gasteiger partial charge in [-0.15, -0.1) is 0 Å². The molecule has 1 heterocycles. The van der Waals surface area contributed by atoms with E-state index in [0.29, 0.717) is 32.7 Å². The normalized spacial score (nSPS) is 10.8. The van der Waals surface area contributed by atoms with Gasteiger partial charge in [-0.05, 0) is 22.4 Å². The van der Waals surface area contributed by atoms with Gasteiger partial charge in [-0.2, -0.15) is 5.10 Å². The van der Waals surface area contributed by atoms with E-state index in [1.54, 1.807) is 7.11 Å². The van der Waals surface area contributed by atoms with Crippen LogP contribution in [0.25, 0.3) is 0 Å². The van der Waals surface area contributed by atoms with E-state index in [0.717, 1.165) is 22.3 Å². The molecule has 0 aromatic carbocycles. The van der Waals surface area contributed by atoms with Crippen molar-refractivity contribution in [1.82, 2.24) is 20.4 Å². The van der Waals surface area contributed by atoms with Crippen LogP contribution in [0.4, 0.5) is 0 Å². The summed E-state index contributed by atoms with van der Waals surface area (Å²) in [5.74, 6) is 0.0351. The van der Waals surface area contributed by atoms with Crippen molar-refractivity contribution >= 4 is 21.8 Å². The SMILES string of the molecule is CCc1nn(C)c(CNCCC(=O)NCCOC)c1Br. The zero-order chi connectivity index (χ0) is 15.0. The van der Waals surface area contributed by atoms with Crippen LogP contribution in [0, 0.1) is 0 Å². The number of nitrogens with zero attached hydrogens (tertiary/aromatic N) is 2. The highest BCUT2D eigenvalue weighted by Crippen LogP contribution is 2.21.